The Morgan fingerprint density at radius 1 is 1.55 bits per heavy atom. The summed E-state index contributed by atoms with van der Waals surface area (Å²) in [5.74, 6) is 0.469. The van der Waals surface area contributed by atoms with Crippen molar-refractivity contribution >= 4 is 26.2 Å². The summed E-state index contributed by atoms with van der Waals surface area (Å²) in [6, 6.07) is 0. The van der Waals surface area contributed by atoms with Gasteiger partial charge >= 0.3 is 0 Å². The van der Waals surface area contributed by atoms with Gasteiger partial charge in [-0.3, -0.25) is 4.98 Å². The molecule has 4 heteroatoms. The Labute approximate surface area is 72.5 Å². The maximum atomic E-state index is 5.47. The largest absolute Gasteiger partial charge is 0.382 e. The Bertz CT molecular complexity index is 332. The molecule has 1 aromatic heterocycles. The predicted molar refractivity (Wildman–Crippen MR) is 47.1 cm³/mol. The monoisotopic (exact) mass is 211 g/mol. The molecule has 0 bridgehead atoms. The first kappa shape index (κ1) is 6.79. The number of aromatic nitrogens is 2. The zero-order valence-electron chi connectivity index (χ0n) is 5.71. The van der Waals surface area contributed by atoms with E-state index in [0.29, 0.717) is 5.82 Å². The van der Waals surface area contributed by atoms with Crippen LogP contribution in [0.4, 0.5) is 5.82 Å². The van der Waals surface area contributed by atoms with Crippen molar-refractivity contribution in [3.63, 3.8) is 0 Å². The lowest BCUT2D eigenvalue weighted by Gasteiger charge is -1.98. The molecular formula is C7H6BrN3. The highest BCUT2D eigenvalue weighted by atomic mass is 79.9. The van der Waals surface area contributed by atoms with Gasteiger partial charge in [0.2, 0.25) is 0 Å². The van der Waals surface area contributed by atoms with Crippen molar-refractivity contribution in [2.45, 2.75) is 6.42 Å². The van der Waals surface area contributed by atoms with Gasteiger partial charge in [-0.2, -0.15) is 0 Å². The summed E-state index contributed by atoms with van der Waals surface area (Å²) < 4.78 is 0.993. The average Bonchev–Trinajstić information content (AvgIpc) is 2.33. The number of nitrogen functional groups attached to an aromatic ring is 1. The second-order valence-corrected chi connectivity index (χ2v) is 3.20. The molecule has 0 aliphatic heterocycles. The minimum absolute atomic E-state index is 0.469. The van der Waals surface area contributed by atoms with Crippen LogP contribution in [-0.4, -0.2) is 9.97 Å². The van der Waals surface area contributed by atoms with Crippen LogP contribution in [0.1, 0.15) is 11.4 Å². The molecule has 1 heterocycles. The number of allylic oxidation sites excluding steroid dienone is 1. The molecule has 0 saturated carbocycles. The number of nitrogens with zero attached hydrogens (tertiary/aromatic N) is 2. The zero-order valence-corrected chi connectivity index (χ0v) is 7.30. The van der Waals surface area contributed by atoms with E-state index in [1.165, 1.54) is 0 Å². The molecular weight excluding hydrogens is 206 g/mol. The van der Waals surface area contributed by atoms with Gasteiger partial charge in [-0.15, -0.1) is 0 Å². The summed E-state index contributed by atoms with van der Waals surface area (Å²) >= 11 is 3.37. The maximum Gasteiger partial charge on any atom is 0.142 e. The third-order valence-corrected chi connectivity index (χ3v) is 2.27. The number of rotatable bonds is 0. The van der Waals surface area contributed by atoms with Gasteiger partial charge in [0.1, 0.15) is 11.5 Å². The molecule has 1 aliphatic rings. The zero-order chi connectivity index (χ0) is 7.84. The van der Waals surface area contributed by atoms with E-state index < -0.39 is 0 Å². The van der Waals surface area contributed by atoms with Gasteiger partial charge < -0.3 is 5.73 Å². The number of nitrogens with two attached hydrogens (primary N) is 1. The number of fused-ring (bicyclic) bond motifs is 1. The van der Waals surface area contributed by atoms with Crippen LogP contribution >= 0.6 is 15.9 Å². The highest BCUT2D eigenvalue weighted by molar-refractivity contribution is 9.15. The average molecular weight is 212 g/mol. The van der Waals surface area contributed by atoms with Crippen LogP contribution in [0.15, 0.2) is 12.3 Å². The fraction of sp³-hybridized carbons (Fsp3) is 0.143. The smallest absolute Gasteiger partial charge is 0.142 e. The van der Waals surface area contributed by atoms with Crippen LogP contribution in [0, 0.1) is 0 Å². The molecule has 0 radical (unpaired) electrons. The van der Waals surface area contributed by atoms with E-state index in [1.54, 1.807) is 6.20 Å². The van der Waals surface area contributed by atoms with Gasteiger partial charge in [0.05, 0.1) is 11.9 Å². The summed E-state index contributed by atoms with van der Waals surface area (Å²) in [6.45, 7) is 0. The van der Waals surface area contributed by atoms with Crippen LogP contribution in [0.2, 0.25) is 0 Å². The molecule has 0 saturated heterocycles. The van der Waals surface area contributed by atoms with E-state index in [-0.39, 0.29) is 0 Å². The number of anilines is 1. The third-order valence-electron chi connectivity index (χ3n) is 1.57. The molecule has 0 fully saturated rings. The van der Waals surface area contributed by atoms with Crippen LogP contribution in [0.25, 0.3) is 4.48 Å². The first-order chi connectivity index (χ1) is 5.27. The summed E-state index contributed by atoms with van der Waals surface area (Å²) in [6.07, 6.45) is 4.46. The van der Waals surface area contributed by atoms with E-state index >= 15 is 0 Å². The molecule has 11 heavy (non-hydrogen) atoms. The Balaban J connectivity index is 2.60. The van der Waals surface area contributed by atoms with Gasteiger partial charge in [0.15, 0.2) is 0 Å². The van der Waals surface area contributed by atoms with Crippen LogP contribution in [-0.2, 0) is 6.42 Å². The Morgan fingerprint density at radius 2 is 2.36 bits per heavy atom. The lowest BCUT2D eigenvalue weighted by atomic mass is 10.3. The molecule has 1 aromatic rings. The quantitative estimate of drug-likeness (QED) is 0.706. The molecule has 1 aliphatic carbocycles. The van der Waals surface area contributed by atoms with Crippen molar-refractivity contribution < 1.29 is 0 Å². The fourth-order valence-electron chi connectivity index (χ4n) is 1.05. The van der Waals surface area contributed by atoms with Crippen molar-refractivity contribution in [2.75, 3.05) is 5.73 Å². The minimum Gasteiger partial charge on any atom is -0.382 e. The molecule has 0 unspecified atom stereocenters. The number of hydrogen-bond acceptors (Lipinski definition) is 3. The van der Waals surface area contributed by atoms with Crippen LogP contribution < -0.4 is 5.73 Å². The van der Waals surface area contributed by atoms with Gasteiger partial charge in [-0.25, -0.2) is 4.98 Å². The van der Waals surface area contributed by atoms with Crippen LogP contribution in [0.5, 0.6) is 0 Å². The van der Waals surface area contributed by atoms with Crippen molar-refractivity contribution in [3.05, 3.63) is 23.7 Å². The molecule has 0 spiro atoms. The topological polar surface area (TPSA) is 51.8 Å². The molecule has 0 amide bonds. The summed E-state index contributed by atoms with van der Waals surface area (Å²) in [7, 11) is 0. The minimum atomic E-state index is 0.469. The Hall–Kier alpha value is -0.900. The molecule has 0 atom stereocenters. The molecule has 2 N–H and O–H groups in total. The SMILES string of the molecule is Nc1cnc2c(n1)C(Br)=CC2. The molecule has 2 rings (SSSR count). The fourth-order valence-corrected chi connectivity index (χ4v) is 1.53. The summed E-state index contributed by atoms with van der Waals surface area (Å²) in [5, 5.41) is 0. The van der Waals surface area contributed by atoms with Gasteiger partial charge in [-0.05, 0) is 15.9 Å². The molecule has 56 valence electrons. The summed E-state index contributed by atoms with van der Waals surface area (Å²) in [5.41, 5.74) is 7.34. The normalized spacial score (nSPS) is 14.5. The standard InChI is InChI=1S/C7H6BrN3/c8-4-1-2-5-7(4)11-6(9)3-10-5/h1,3H,2H2,(H2,9,11). The molecule has 0 aromatic carbocycles. The predicted octanol–water partition coefficient (Wildman–Crippen LogP) is 1.35. The third kappa shape index (κ3) is 1.03. The van der Waals surface area contributed by atoms with E-state index in [0.717, 1.165) is 22.3 Å². The number of hydrogen-bond donors (Lipinski definition) is 1. The van der Waals surface area contributed by atoms with Gasteiger partial charge in [0, 0.05) is 10.9 Å². The van der Waals surface area contributed by atoms with E-state index in [9.17, 15) is 0 Å². The van der Waals surface area contributed by atoms with Gasteiger partial charge in [0.25, 0.3) is 0 Å². The van der Waals surface area contributed by atoms with E-state index in [1.807, 2.05) is 6.08 Å². The maximum absolute atomic E-state index is 5.47. The van der Waals surface area contributed by atoms with Crippen molar-refractivity contribution in [2.24, 2.45) is 0 Å². The highest BCUT2D eigenvalue weighted by Gasteiger charge is 2.14. The van der Waals surface area contributed by atoms with Crippen molar-refractivity contribution in [3.8, 4) is 0 Å². The van der Waals surface area contributed by atoms with E-state index in [2.05, 4.69) is 25.9 Å². The van der Waals surface area contributed by atoms with Crippen LogP contribution in [0.3, 0.4) is 0 Å². The first-order valence-electron chi connectivity index (χ1n) is 3.25. The van der Waals surface area contributed by atoms with Gasteiger partial charge in [-0.1, -0.05) is 6.08 Å². The van der Waals surface area contributed by atoms with E-state index in [4.69, 9.17) is 5.73 Å². The first-order valence-corrected chi connectivity index (χ1v) is 4.04. The second-order valence-electron chi connectivity index (χ2n) is 2.35. The Morgan fingerprint density at radius 3 is 3.18 bits per heavy atom. The molecule has 3 nitrogen and oxygen atoms in total. The lowest BCUT2D eigenvalue weighted by molar-refractivity contribution is 1.07. The lowest BCUT2D eigenvalue weighted by Crippen LogP contribution is -1.97. The van der Waals surface area contributed by atoms with Crippen molar-refractivity contribution in [1.29, 1.82) is 0 Å². The van der Waals surface area contributed by atoms with Crippen molar-refractivity contribution in [1.82, 2.24) is 9.97 Å². The number of halogens is 1. The summed E-state index contributed by atoms with van der Waals surface area (Å²) in [4.78, 5) is 8.27. The second kappa shape index (κ2) is 2.30. The Kier molecular flexibility index (Phi) is 1.42. The highest BCUT2D eigenvalue weighted by Crippen LogP contribution is 2.28.